The molecule has 6 rings (SSSR count). The number of carbonyl (C=O) groups is 1. The summed E-state index contributed by atoms with van der Waals surface area (Å²) < 4.78 is 16.4. The smallest absolute Gasteiger partial charge is 0.229 e. The second kappa shape index (κ2) is 8.36. The minimum Gasteiger partial charge on any atom is -0.364 e. The van der Waals surface area contributed by atoms with E-state index in [1.807, 2.05) is 42.6 Å². The van der Waals surface area contributed by atoms with E-state index in [2.05, 4.69) is 25.6 Å². The van der Waals surface area contributed by atoms with Crippen LogP contribution < -0.4 is 10.6 Å². The average Bonchev–Trinajstić information content (AvgIpc) is 3.75. The predicted octanol–water partition coefficient (Wildman–Crippen LogP) is 5.15. The Labute approximate surface area is 200 Å². The summed E-state index contributed by atoms with van der Waals surface area (Å²) in [4.78, 5) is 25.4. The van der Waals surface area contributed by atoms with Crippen molar-refractivity contribution in [2.24, 2.45) is 5.92 Å². The maximum Gasteiger partial charge on any atom is 0.229 e. The van der Waals surface area contributed by atoms with Crippen molar-refractivity contribution in [3.05, 3.63) is 82.8 Å². The van der Waals surface area contributed by atoms with E-state index in [1.165, 1.54) is 10.7 Å². The second-order valence-electron chi connectivity index (χ2n) is 8.95. The Bertz CT molecular complexity index is 1400. The molecule has 172 valence electrons. The highest BCUT2D eigenvalue weighted by molar-refractivity contribution is 6.30. The van der Waals surface area contributed by atoms with E-state index in [1.54, 1.807) is 6.07 Å². The van der Waals surface area contributed by atoms with Crippen molar-refractivity contribution in [1.29, 1.82) is 0 Å². The maximum absolute atomic E-state index is 14.9. The lowest BCUT2D eigenvalue weighted by Gasteiger charge is -2.07. The van der Waals surface area contributed by atoms with Crippen molar-refractivity contribution in [3.8, 4) is 0 Å². The third kappa shape index (κ3) is 4.21. The highest BCUT2D eigenvalue weighted by atomic mass is 35.5. The molecule has 34 heavy (non-hydrogen) atoms. The molecule has 0 radical (unpaired) electrons. The molecule has 0 aliphatic heterocycles. The Kier molecular flexibility index (Phi) is 5.17. The van der Waals surface area contributed by atoms with Crippen molar-refractivity contribution in [3.63, 3.8) is 0 Å². The van der Waals surface area contributed by atoms with Gasteiger partial charge in [0, 0.05) is 23.2 Å². The molecule has 1 amide bonds. The van der Waals surface area contributed by atoms with Crippen LogP contribution in [0.15, 0.2) is 55.0 Å². The van der Waals surface area contributed by atoms with Crippen LogP contribution in [0.3, 0.4) is 0 Å². The van der Waals surface area contributed by atoms with Gasteiger partial charge >= 0.3 is 0 Å². The van der Waals surface area contributed by atoms with Crippen LogP contribution in [0, 0.1) is 11.9 Å². The predicted molar refractivity (Wildman–Crippen MR) is 127 cm³/mol. The van der Waals surface area contributed by atoms with Crippen molar-refractivity contribution >= 4 is 34.8 Å². The highest BCUT2D eigenvalue weighted by Gasteiger charge is 2.44. The van der Waals surface area contributed by atoms with Gasteiger partial charge in [-0.1, -0.05) is 29.8 Å². The summed E-state index contributed by atoms with van der Waals surface area (Å²) in [6.07, 6.45) is 6.29. The van der Waals surface area contributed by atoms with Gasteiger partial charge in [0.15, 0.2) is 0 Å². The van der Waals surface area contributed by atoms with E-state index >= 15 is 0 Å². The normalized spacial score (nSPS) is 19.2. The minimum absolute atomic E-state index is 0.0903. The third-order valence-corrected chi connectivity index (χ3v) is 6.69. The summed E-state index contributed by atoms with van der Waals surface area (Å²) in [5.41, 5.74) is 3.09. The lowest BCUT2D eigenvalue weighted by Crippen LogP contribution is -2.16. The van der Waals surface area contributed by atoms with Crippen LogP contribution in [0.25, 0.3) is 5.65 Å². The number of benzene rings is 1. The Hall–Kier alpha value is -3.52. The number of imidazole rings is 1. The zero-order chi connectivity index (χ0) is 23.2. The number of aromatic nitrogens is 4. The maximum atomic E-state index is 14.9. The van der Waals surface area contributed by atoms with Gasteiger partial charge in [-0.15, -0.1) is 0 Å². The molecule has 2 saturated carbocycles. The van der Waals surface area contributed by atoms with Gasteiger partial charge in [0.1, 0.15) is 29.3 Å². The summed E-state index contributed by atoms with van der Waals surface area (Å²) in [5, 5.41) is 6.60. The zero-order valence-corrected chi connectivity index (χ0v) is 19.0. The van der Waals surface area contributed by atoms with Crippen molar-refractivity contribution in [2.75, 3.05) is 10.6 Å². The zero-order valence-electron chi connectivity index (χ0n) is 18.2. The van der Waals surface area contributed by atoms with E-state index in [-0.39, 0.29) is 30.2 Å². The van der Waals surface area contributed by atoms with Gasteiger partial charge < -0.3 is 10.6 Å². The van der Waals surface area contributed by atoms with Crippen molar-refractivity contribution in [1.82, 2.24) is 19.4 Å². The quantitative estimate of drug-likeness (QED) is 0.385. The number of pyridine rings is 1. The Balaban J connectivity index is 1.10. The second-order valence-corrected chi connectivity index (χ2v) is 9.39. The van der Waals surface area contributed by atoms with E-state index in [0.717, 1.165) is 30.4 Å². The van der Waals surface area contributed by atoms with E-state index in [4.69, 9.17) is 11.6 Å². The number of nitrogens with one attached hydrogen (secondary N) is 2. The SMILES string of the molecule is O=C(Nc1cc(NCc2nc3ccc(C4CC4)cn3c2F)ncn1)[C@H]1C[C@@H]1c1cccc(Cl)c1. The minimum atomic E-state index is -0.381. The molecule has 0 saturated heterocycles. The number of hydrogen-bond acceptors (Lipinski definition) is 5. The molecule has 2 fully saturated rings. The Morgan fingerprint density at radius 1 is 1.12 bits per heavy atom. The largest absolute Gasteiger partial charge is 0.364 e. The summed E-state index contributed by atoms with van der Waals surface area (Å²) in [7, 11) is 0. The number of anilines is 2. The van der Waals surface area contributed by atoms with Gasteiger partial charge in [-0.2, -0.15) is 4.39 Å². The first kappa shape index (κ1) is 21.0. The number of carbonyl (C=O) groups excluding carboxylic acids is 1. The fraction of sp³-hybridized carbons (Fsp3) is 0.280. The van der Waals surface area contributed by atoms with E-state index in [0.29, 0.717) is 33.9 Å². The molecule has 2 N–H and O–H groups in total. The van der Waals surface area contributed by atoms with Gasteiger partial charge in [-0.05, 0) is 60.4 Å². The summed E-state index contributed by atoms with van der Waals surface area (Å²) in [6.45, 7) is 0.163. The standard InChI is InChI=1S/C25H22ClFN6O/c26-17-3-1-2-15(8-17)18-9-19(18)25(34)32-22-10-21(29-13-30-22)28-11-20-24(27)33-12-16(14-4-5-14)6-7-23(33)31-20/h1-3,6-8,10,12-14,18-19H,4-5,9,11H2,(H2,28,29,30,32,34)/t18-,19+/m1/s1. The summed E-state index contributed by atoms with van der Waals surface area (Å²) >= 11 is 6.07. The molecule has 2 aliphatic rings. The fourth-order valence-corrected chi connectivity index (χ4v) is 4.56. The first-order chi connectivity index (χ1) is 16.5. The summed E-state index contributed by atoms with van der Waals surface area (Å²) in [6, 6.07) is 13.1. The summed E-state index contributed by atoms with van der Waals surface area (Å²) in [5.74, 6) is 0.986. The fourth-order valence-electron chi connectivity index (χ4n) is 4.36. The van der Waals surface area contributed by atoms with Gasteiger partial charge in [-0.3, -0.25) is 9.20 Å². The van der Waals surface area contributed by atoms with Crippen LogP contribution in [-0.2, 0) is 11.3 Å². The number of rotatable bonds is 7. The van der Waals surface area contributed by atoms with Gasteiger partial charge in [0.2, 0.25) is 11.9 Å². The number of hydrogen-bond donors (Lipinski definition) is 2. The molecule has 0 bridgehead atoms. The first-order valence-electron chi connectivity index (χ1n) is 11.3. The van der Waals surface area contributed by atoms with Gasteiger partial charge in [0.05, 0.1) is 6.54 Å². The Morgan fingerprint density at radius 3 is 2.79 bits per heavy atom. The van der Waals surface area contributed by atoms with Crippen LogP contribution in [0.4, 0.5) is 16.0 Å². The van der Waals surface area contributed by atoms with E-state index in [9.17, 15) is 9.18 Å². The molecule has 4 aromatic rings. The molecule has 2 aliphatic carbocycles. The molecule has 2 atom stereocenters. The lowest BCUT2D eigenvalue weighted by molar-refractivity contribution is -0.117. The molecule has 9 heteroatoms. The van der Waals surface area contributed by atoms with Crippen LogP contribution in [0.5, 0.6) is 0 Å². The number of halogens is 2. The van der Waals surface area contributed by atoms with Gasteiger partial charge in [-0.25, -0.2) is 15.0 Å². The molecule has 0 unspecified atom stereocenters. The molecule has 0 spiro atoms. The number of fused-ring (bicyclic) bond motifs is 1. The monoisotopic (exact) mass is 476 g/mol. The van der Waals surface area contributed by atoms with E-state index < -0.39 is 0 Å². The molecule has 7 nitrogen and oxygen atoms in total. The first-order valence-corrected chi connectivity index (χ1v) is 11.7. The van der Waals surface area contributed by atoms with Crippen LogP contribution in [0.1, 0.15) is 47.9 Å². The number of amides is 1. The molecule has 3 heterocycles. The Morgan fingerprint density at radius 2 is 1.97 bits per heavy atom. The molecular formula is C25H22ClFN6O. The topological polar surface area (TPSA) is 84.2 Å². The number of nitrogens with zero attached hydrogens (tertiary/aromatic N) is 4. The van der Waals surface area contributed by atoms with Crippen molar-refractivity contribution in [2.45, 2.75) is 37.6 Å². The van der Waals surface area contributed by atoms with Crippen LogP contribution in [-0.4, -0.2) is 25.3 Å². The molecular weight excluding hydrogens is 455 g/mol. The third-order valence-electron chi connectivity index (χ3n) is 6.46. The van der Waals surface area contributed by atoms with Crippen LogP contribution in [0.2, 0.25) is 5.02 Å². The molecule has 3 aromatic heterocycles. The average molecular weight is 477 g/mol. The van der Waals surface area contributed by atoms with Crippen LogP contribution >= 0.6 is 11.6 Å². The highest BCUT2D eigenvalue weighted by Crippen LogP contribution is 2.48. The van der Waals surface area contributed by atoms with Gasteiger partial charge in [0.25, 0.3) is 0 Å². The molecule has 1 aromatic carbocycles. The lowest BCUT2D eigenvalue weighted by atomic mass is 10.1. The van der Waals surface area contributed by atoms with Crippen molar-refractivity contribution < 1.29 is 9.18 Å².